The smallest absolute Gasteiger partial charge is 0.361 e. The van der Waals surface area contributed by atoms with Crippen molar-refractivity contribution in [3.8, 4) is 0 Å². The number of aryl methyl sites for hydroxylation is 1. The van der Waals surface area contributed by atoms with Crippen LogP contribution < -0.4 is 15.8 Å². The first-order valence-electron chi connectivity index (χ1n) is 11.5. The number of thiophene rings is 1. The molecule has 0 bridgehead atoms. The third-order valence-electron chi connectivity index (χ3n) is 6.79. The Kier molecular flexibility index (Phi) is 8.13. The number of anilines is 1. The number of carbonyl (C=O) groups is 1. The number of aromatic amines is 1. The van der Waals surface area contributed by atoms with Gasteiger partial charge in [-0.2, -0.15) is 13.2 Å². The monoisotopic (exact) mass is 498 g/mol. The van der Waals surface area contributed by atoms with E-state index in [0.29, 0.717) is 17.6 Å². The zero-order valence-corrected chi connectivity index (χ0v) is 21.1. The maximum absolute atomic E-state index is 12.9. The maximum Gasteiger partial charge on any atom is 0.431 e. The van der Waals surface area contributed by atoms with Gasteiger partial charge in [-0.05, 0) is 77.7 Å². The Balaban J connectivity index is 1.71. The summed E-state index contributed by atoms with van der Waals surface area (Å²) in [5.41, 5.74) is -0.228. The normalized spacial score (nSPS) is 18.9. The van der Waals surface area contributed by atoms with Crippen LogP contribution in [0.5, 0.6) is 0 Å². The molecule has 0 spiro atoms. The Morgan fingerprint density at radius 2 is 1.79 bits per heavy atom. The predicted molar refractivity (Wildman–Crippen MR) is 130 cm³/mol. The number of halogens is 3. The van der Waals surface area contributed by atoms with Crippen molar-refractivity contribution in [3.05, 3.63) is 49.7 Å². The van der Waals surface area contributed by atoms with E-state index in [0.717, 1.165) is 48.9 Å². The Hall–Kier alpha value is -2.33. The lowest BCUT2D eigenvalue weighted by molar-refractivity contribution is -0.141. The van der Waals surface area contributed by atoms with Crippen LogP contribution in [0.15, 0.2) is 16.2 Å². The van der Waals surface area contributed by atoms with Gasteiger partial charge in [0.05, 0.1) is 10.6 Å². The Morgan fingerprint density at radius 3 is 2.32 bits per heavy atom. The Bertz CT molecular complexity index is 1070. The van der Waals surface area contributed by atoms with E-state index in [1.54, 1.807) is 0 Å². The fourth-order valence-electron chi connectivity index (χ4n) is 4.72. The van der Waals surface area contributed by atoms with Crippen molar-refractivity contribution in [1.82, 2.24) is 15.2 Å². The highest BCUT2D eigenvalue weighted by Crippen LogP contribution is 2.36. The molecule has 1 fully saturated rings. The summed E-state index contributed by atoms with van der Waals surface area (Å²) in [6, 6.07) is 1.93. The number of hydrogen-bond donors (Lipinski definition) is 2. The molecule has 0 aliphatic heterocycles. The zero-order valence-electron chi connectivity index (χ0n) is 20.3. The predicted octanol–water partition coefficient (Wildman–Crippen LogP) is 4.70. The molecule has 0 atom stereocenters. The van der Waals surface area contributed by atoms with Crippen LogP contribution in [-0.2, 0) is 12.7 Å². The second kappa shape index (κ2) is 10.5. The van der Waals surface area contributed by atoms with Gasteiger partial charge in [-0.3, -0.25) is 9.59 Å². The van der Waals surface area contributed by atoms with E-state index in [1.807, 2.05) is 17.3 Å². The van der Waals surface area contributed by atoms with E-state index >= 15 is 0 Å². The quantitative estimate of drug-likeness (QED) is 0.581. The largest absolute Gasteiger partial charge is 0.431 e. The van der Waals surface area contributed by atoms with Gasteiger partial charge in [-0.1, -0.05) is 0 Å². The summed E-state index contributed by atoms with van der Waals surface area (Å²) in [6.45, 7) is 6.18. The van der Waals surface area contributed by atoms with Gasteiger partial charge in [0, 0.05) is 36.1 Å². The average molecular weight is 499 g/mol. The summed E-state index contributed by atoms with van der Waals surface area (Å²) in [5, 5.41) is 5.60. The first kappa shape index (κ1) is 26.3. The highest BCUT2D eigenvalue weighted by molar-refractivity contribution is 7.14. The molecule has 1 aliphatic rings. The van der Waals surface area contributed by atoms with Crippen molar-refractivity contribution >= 4 is 22.2 Å². The molecule has 0 radical (unpaired) electrons. The van der Waals surface area contributed by atoms with Gasteiger partial charge in [-0.25, -0.2) is 0 Å². The van der Waals surface area contributed by atoms with Gasteiger partial charge in [0.25, 0.3) is 11.5 Å². The van der Waals surface area contributed by atoms with Crippen LogP contribution in [0.1, 0.15) is 65.3 Å². The summed E-state index contributed by atoms with van der Waals surface area (Å²) in [5.74, 6) is -0.342. The summed E-state index contributed by atoms with van der Waals surface area (Å²) >= 11 is 1.53. The molecule has 10 heteroatoms. The van der Waals surface area contributed by atoms with Crippen LogP contribution in [0, 0.1) is 13.8 Å². The highest BCUT2D eigenvalue weighted by Gasteiger charge is 2.33. The SMILES string of the molecule is CCN(c1scc(C(=O)NCc2c(C)cc(C(F)(F)F)[nH]c2=O)c1C)[C@H]1CC[C@H](N(C)C)CC1. The number of alkyl halides is 3. The van der Waals surface area contributed by atoms with Crippen molar-refractivity contribution in [2.45, 2.75) is 71.3 Å². The molecule has 2 N–H and O–H groups in total. The van der Waals surface area contributed by atoms with E-state index in [2.05, 4.69) is 36.1 Å². The first-order valence-corrected chi connectivity index (χ1v) is 12.4. The molecular formula is C24H33F3N4O2S. The number of carbonyl (C=O) groups excluding carboxylic acids is 1. The van der Waals surface area contributed by atoms with Gasteiger partial charge < -0.3 is 20.1 Å². The van der Waals surface area contributed by atoms with E-state index in [4.69, 9.17) is 0 Å². The summed E-state index contributed by atoms with van der Waals surface area (Å²) in [6.07, 6.45) is -0.135. The lowest BCUT2D eigenvalue weighted by atomic mass is 9.89. The fraction of sp³-hybridized carbons (Fsp3) is 0.583. The molecule has 1 aliphatic carbocycles. The summed E-state index contributed by atoms with van der Waals surface area (Å²) in [7, 11) is 4.24. The van der Waals surface area contributed by atoms with Crippen LogP contribution in [-0.4, -0.2) is 48.5 Å². The number of hydrogen-bond acceptors (Lipinski definition) is 5. The first-order chi connectivity index (χ1) is 15.9. The summed E-state index contributed by atoms with van der Waals surface area (Å²) in [4.78, 5) is 31.6. The fourth-order valence-corrected chi connectivity index (χ4v) is 5.93. The van der Waals surface area contributed by atoms with Crippen molar-refractivity contribution in [3.63, 3.8) is 0 Å². The van der Waals surface area contributed by atoms with Gasteiger partial charge in [-0.15, -0.1) is 11.3 Å². The second-order valence-corrected chi connectivity index (χ2v) is 10.0. The Morgan fingerprint density at radius 1 is 1.18 bits per heavy atom. The lowest BCUT2D eigenvalue weighted by Crippen LogP contribution is -2.42. The van der Waals surface area contributed by atoms with E-state index < -0.39 is 17.4 Å². The molecule has 1 amide bonds. The molecule has 2 heterocycles. The minimum atomic E-state index is -4.63. The molecule has 34 heavy (non-hydrogen) atoms. The van der Waals surface area contributed by atoms with Crippen LogP contribution >= 0.6 is 11.3 Å². The molecule has 0 saturated heterocycles. The number of nitrogens with one attached hydrogen (secondary N) is 2. The number of aromatic nitrogens is 1. The van der Waals surface area contributed by atoms with Gasteiger partial charge >= 0.3 is 6.18 Å². The Labute approximate surface area is 202 Å². The minimum absolute atomic E-state index is 0.113. The average Bonchev–Trinajstić information content (AvgIpc) is 3.14. The molecule has 2 aromatic rings. The topological polar surface area (TPSA) is 68.4 Å². The number of nitrogens with zero attached hydrogens (tertiary/aromatic N) is 2. The van der Waals surface area contributed by atoms with Gasteiger partial charge in [0.15, 0.2) is 0 Å². The zero-order chi connectivity index (χ0) is 25.2. The minimum Gasteiger partial charge on any atom is -0.361 e. The maximum atomic E-state index is 12.9. The second-order valence-electron chi connectivity index (χ2n) is 9.15. The van der Waals surface area contributed by atoms with Crippen LogP contribution in [0.3, 0.4) is 0 Å². The molecule has 1 saturated carbocycles. The molecule has 0 aromatic carbocycles. The van der Waals surface area contributed by atoms with Crippen molar-refractivity contribution < 1.29 is 18.0 Å². The number of rotatable bonds is 7. The van der Waals surface area contributed by atoms with E-state index in [-0.39, 0.29) is 23.6 Å². The molecule has 2 aromatic heterocycles. The molecule has 188 valence electrons. The standard InChI is InChI=1S/C24H33F3N4O2S/c1-6-31(17-9-7-16(8-10-17)30(4)5)23-15(3)19(13-34-23)21(32)28-12-18-14(2)11-20(24(25,26)27)29-22(18)33/h11,13,16-17H,6-10,12H2,1-5H3,(H,28,32)(H,29,33)/t16-,17-. The summed E-state index contributed by atoms with van der Waals surface area (Å²) < 4.78 is 38.7. The van der Waals surface area contributed by atoms with Gasteiger partial charge in [0.2, 0.25) is 0 Å². The molecular weight excluding hydrogens is 465 g/mol. The number of pyridine rings is 1. The number of H-pyrrole nitrogens is 1. The van der Waals surface area contributed by atoms with E-state index in [1.165, 1.54) is 18.3 Å². The molecule has 0 unspecified atom stereocenters. The van der Waals surface area contributed by atoms with Crippen LogP contribution in [0.25, 0.3) is 0 Å². The van der Waals surface area contributed by atoms with Crippen molar-refractivity contribution in [1.29, 1.82) is 0 Å². The van der Waals surface area contributed by atoms with Gasteiger partial charge in [0.1, 0.15) is 5.69 Å². The van der Waals surface area contributed by atoms with Crippen LogP contribution in [0.4, 0.5) is 18.2 Å². The van der Waals surface area contributed by atoms with Crippen molar-refractivity contribution in [2.75, 3.05) is 25.5 Å². The molecule has 3 rings (SSSR count). The third kappa shape index (κ3) is 5.66. The van der Waals surface area contributed by atoms with E-state index in [9.17, 15) is 22.8 Å². The molecule has 6 nitrogen and oxygen atoms in total. The highest BCUT2D eigenvalue weighted by atomic mass is 32.1. The third-order valence-corrected chi connectivity index (χ3v) is 7.90. The number of amides is 1. The lowest BCUT2D eigenvalue weighted by Gasteiger charge is -2.39. The van der Waals surface area contributed by atoms with Crippen LogP contribution in [0.2, 0.25) is 0 Å². The van der Waals surface area contributed by atoms with Crippen molar-refractivity contribution in [2.24, 2.45) is 0 Å².